The summed E-state index contributed by atoms with van der Waals surface area (Å²) in [4.78, 5) is 33.0. The number of likely N-dealkylation sites (tertiary alicyclic amines) is 1. The van der Waals surface area contributed by atoms with Crippen LogP contribution in [-0.2, 0) is 9.59 Å². The number of anilines is 1. The lowest BCUT2D eigenvalue weighted by Gasteiger charge is -2.13. The van der Waals surface area contributed by atoms with Crippen LogP contribution in [0.3, 0.4) is 0 Å². The van der Waals surface area contributed by atoms with Crippen LogP contribution in [0.4, 0.5) is 5.82 Å². The highest BCUT2D eigenvalue weighted by atomic mass is 79.9. The zero-order chi connectivity index (χ0) is 14.2. The van der Waals surface area contributed by atoms with E-state index in [1.807, 2.05) is 13.8 Å². The Morgan fingerprint density at radius 3 is 2.63 bits per heavy atom. The first-order valence-electron chi connectivity index (χ1n) is 6.00. The minimum atomic E-state index is -0.542. The SMILES string of the molecule is CC(C)c1nc(Br)cc(NC2CC(=O)N(C)C2=O)n1. The molecule has 1 aliphatic rings. The van der Waals surface area contributed by atoms with Crippen molar-refractivity contribution >= 4 is 33.6 Å². The van der Waals surface area contributed by atoms with Gasteiger partial charge in [0.2, 0.25) is 5.91 Å². The van der Waals surface area contributed by atoms with E-state index >= 15 is 0 Å². The summed E-state index contributed by atoms with van der Waals surface area (Å²) in [5.74, 6) is 1.00. The molecule has 2 rings (SSSR count). The van der Waals surface area contributed by atoms with Gasteiger partial charge in [0.25, 0.3) is 5.91 Å². The molecule has 2 heterocycles. The number of aromatic nitrogens is 2. The van der Waals surface area contributed by atoms with Crippen molar-refractivity contribution in [2.24, 2.45) is 0 Å². The second-order valence-corrected chi connectivity index (χ2v) is 5.59. The first-order chi connectivity index (χ1) is 8.88. The fraction of sp³-hybridized carbons (Fsp3) is 0.500. The molecule has 0 bridgehead atoms. The fourth-order valence-corrected chi connectivity index (χ4v) is 2.21. The minimum absolute atomic E-state index is 0.161. The molecule has 0 saturated carbocycles. The molecule has 6 nitrogen and oxygen atoms in total. The Balaban J connectivity index is 2.20. The molecular formula is C12H15BrN4O2. The van der Waals surface area contributed by atoms with Gasteiger partial charge >= 0.3 is 0 Å². The number of carbonyl (C=O) groups excluding carboxylic acids is 2. The summed E-state index contributed by atoms with van der Waals surface area (Å²) in [7, 11) is 1.49. The van der Waals surface area contributed by atoms with Crippen LogP contribution in [0.25, 0.3) is 0 Å². The van der Waals surface area contributed by atoms with Gasteiger partial charge in [0, 0.05) is 19.0 Å². The van der Waals surface area contributed by atoms with E-state index in [9.17, 15) is 9.59 Å². The van der Waals surface area contributed by atoms with E-state index < -0.39 is 6.04 Å². The van der Waals surface area contributed by atoms with Gasteiger partial charge in [-0.25, -0.2) is 9.97 Å². The summed E-state index contributed by atoms with van der Waals surface area (Å²) in [5, 5.41) is 2.99. The number of imide groups is 1. The third-order valence-corrected chi connectivity index (χ3v) is 3.34. The number of nitrogens with one attached hydrogen (secondary N) is 1. The van der Waals surface area contributed by atoms with Crippen molar-refractivity contribution in [3.63, 3.8) is 0 Å². The lowest BCUT2D eigenvalue weighted by Crippen LogP contribution is -2.32. The number of likely N-dealkylation sites (N-methyl/N-ethyl adjacent to an activating group) is 1. The van der Waals surface area contributed by atoms with Crippen LogP contribution >= 0.6 is 15.9 Å². The summed E-state index contributed by atoms with van der Waals surface area (Å²) in [5.41, 5.74) is 0. The first kappa shape index (κ1) is 13.9. The average Bonchev–Trinajstić information content (AvgIpc) is 2.56. The average molecular weight is 327 g/mol. The zero-order valence-corrected chi connectivity index (χ0v) is 12.6. The topological polar surface area (TPSA) is 75.2 Å². The summed E-state index contributed by atoms with van der Waals surface area (Å²) >= 11 is 3.32. The quantitative estimate of drug-likeness (QED) is 0.673. The van der Waals surface area contributed by atoms with Crippen molar-refractivity contribution in [3.8, 4) is 0 Å². The van der Waals surface area contributed by atoms with Crippen molar-refractivity contribution in [3.05, 3.63) is 16.5 Å². The van der Waals surface area contributed by atoms with Crippen molar-refractivity contribution in [1.29, 1.82) is 0 Å². The summed E-state index contributed by atoms with van der Waals surface area (Å²) in [6, 6.07) is 1.15. The van der Waals surface area contributed by atoms with Gasteiger partial charge in [0.15, 0.2) is 0 Å². The highest BCUT2D eigenvalue weighted by molar-refractivity contribution is 9.10. The molecule has 0 radical (unpaired) electrons. The molecule has 0 aromatic carbocycles. The number of rotatable bonds is 3. The van der Waals surface area contributed by atoms with Crippen LogP contribution in [-0.4, -0.2) is 39.8 Å². The number of carbonyl (C=O) groups is 2. The van der Waals surface area contributed by atoms with E-state index in [1.54, 1.807) is 6.07 Å². The van der Waals surface area contributed by atoms with Crippen molar-refractivity contribution in [2.45, 2.75) is 32.2 Å². The molecule has 1 fully saturated rings. The van der Waals surface area contributed by atoms with Gasteiger partial charge in [-0.1, -0.05) is 13.8 Å². The van der Waals surface area contributed by atoms with Gasteiger partial charge in [-0.3, -0.25) is 14.5 Å². The van der Waals surface area contributed by atoms with Crippen LogP contribution in [0, 0.1) is 0 Å². The molecule has 1 atom stereocenters. The second-order valence-electron chi connectivity index (χ2n) is 4.78. The smallest absolute Gasteiger partial charge is 0.251 e. The molecule has 1 N–H and O–H groups in total. The Labute approximate surface area is 119 Å². The summed E-state index contributed by atoms with van der Waals surface area (Å²) in [6.45, 7) is 3.98. The molecule has 19 heavy (non-hydrogen) atoms. The van der Waals surface area contributed by atoms with Gasteiger partial charge in [0.1, 0.15) is 22.3 Å². The molecule has 0 spiro atoms. The maximum atomic E-state index is 11.8. The molecule has 1 aliphatic heterocycles. The highest BCUT2D eigenvalue weighted by Crippen LogP contribution is 2.20. The highest BCUT2D eigenvalue weighted by Gasteiger charge is 2.36. The molecule has 102 valence electrons. The number of hydrogen-bond acceptors (Lipinski definition) is 5. The van der Waals surface area contributed by atoms with Crippen molar-refractivity contribution < 1.29 is 9.59 Å². The molecule has 2 amide bonds. The first-order valence-corrected chi connectivity index (χ1v) is 6.79. The third kappa shape index (κ3) is 2.91. The van der Waals surface area contributed by atoms with Gasteiger partial charge < -0.3 is 5.32 Å². The number of hydrogen-bond donors (Lipinski definition) is 1. The second kappa shape index (κ2) is 5.24. The Hall–Kier alpha value is -1.50. The van der Waals surface area contributed by atoms with Gasteiger partial charge in [-0.05, 0) is 15.9 Å². The molecule has 7 heteroatoms. The lowest BCUT2D eigenvalue weighted by molar-refractivity contribution is -0.136. The molecular weight excluding hydrogens is 312 g/mol. The monoisotopic (exact) mass is 326 g/mol. The largest absolute Gasteiger partial charge is 0.358 e. The van der Waals surface area contributed by atoms with Crippen LogP contribution in [0.1, 0.15) is 32.0 Å². The van der Waals surface area contributed by atoms with Gasteiger partial charge in [-0.2, -0.15) is 0 Å². The Morgan fingerprint density at radius 2 is 2.11 bits per heavy atom. The van der Waals surface area contributed by atoms with E-state index in [0.717, 1.165) is 4.90 Å². The Kier molecular flexibility index (Phi) is 3.84. The van der Waals surface area contributed by atoms with Crippen LogP contribution in [0.15, 0.2) is 10.7 Å². The normalized spacial score (nSPS) is 19.4. The maximum absolute atomic E-state index is 11.8. The van der Waals surface area contributed by atoms with Crippen LogP contribution in [0.5, 0.6) is 0 Å². The van der Waals surface area contributed by atoms with Crippen LogP contribution < -0.4 is 5.32 Å². The van der Waals surface area contributed by atoms with E-state index in [2.05, 4.69) is 31.2 Å². The number of nitrogens with zero attached hydrogens (tertiary/aromatic N) is 3. The van der Waals surface area contributed by atoms with Crippen molar-refractivity contribution in [2.75, 3.05) is 12.4 Å². The van der Waals surface area contributed by atoms with E-state index in [-0.39, 0.29) is 24.2 Å². The van der Waals surface area contributed by atoms with E-state index in [0.29, 0.717) is 16.2 Å². The maximum Gasteiger partial charge on any atom is 0.251 e. The summed E-state index contributed by atoms with van der Waals surface area (Å²) in [6.07, 6.45) is 0.161. The number of halogens is 1. The standard InChI is InChI=1S/C12H15BrN4O2/c1-6(2)11-15-8(13)5-9(16-11)14-7-4-10(18)17(3)12(7)19/h5-7H,4H2,1-3H3,(H,14,15,16). The number of amides is 2. The predicted molar refractivity (Wildman–Crippen MR) is 73.6 cm³/mol. The molecule has 1 saturated heterocycles. The van der Waals surface area contributed by atoms with Crippen molar-refractivity contribution in [1.82, 2.24) is 14.9 Å². The lowest BCUT2D eigenvalue weighted by atomic mass is 10.2. The Morgan fingerprint density at radius 1 is 1.42 bits per heavy atom. The van der Waals surface area contributed by atoms with Gasteiger partial charge in [0.05, 0.1) is 6.42 Å². The summed E-state index contributed by atoms with van der Waals surface area (Å²) < 4.78 is 0.652. The molecule has 0 aliphatic carbocycles. The predicted octanol–water partition coefficient (Wildman–Crippen LogP) is 1.53. The molecule has 1 aromatic rings. The Bertz CT molecular complexity index is 532. The van der Waals surface area contributed by atoms with E-state index in [4.69, 9.17) is 0 Å². The van der Waals surface area contributed by atoms with E-state index in [1.165, 1.54) is 7.05 Å². The van der Waals surface area contributed by atoms with Crippen LogP contribution in [0.2, 0.25) is 0 Å². The fourth-order valence-electron chi connectivity index (χ4n) is 1.81. The third-order valence-electron chi connectivity index (χ3n) is 2.93. The van der Waals surface area contributed by atoms with Gasteiger partial charge in [-0.15, -0.1) is 0 Å². The minimum Gasteiger partial charge on any atom is -0.358 e. The molecule has 1 aromatic heterocycles. The molecule has 1 unspecified atom stereocenters. The zero-order valence-electron chi connectivity index (χ0n) is 11.0.